The molecule has 1 fully saturated rings. The molecular formula is C27H36N2O3S. The predicted molar refractivity (Wildman–Crippen MR) is 134 cm³/mol. The van der Waals surface area contributed by atoms with Gasteiger partial charge < -0.3 is 15.0 Å². The number of ether oxygens (including phenoxy) is 1. The molecule has 1 saturated carbocycles. The Hall–Kier alpha value is -2.47. The zero-order valence-corrected chi connectivity index (χ0v) is 20.6. The Balaban J connectivity index is 1.71. The number of nitrogens with zero attached hydrogens (tertiary/aromatic N) is 1. The van der Waals surface area contributed by atoms with Gasteiger partial charge in [-0.3, -0.25) is 9.59 Å². The van der Waals surface area contributed by atoms with Crippen molar-refractivity contribution >= 4 is 23.6 Å². The van der Waals surface area contributed by atoms with Crippen molar-refractivity contribution < 1.29 is 14.3 Å². The van der Waals surface area contributed by atoms with Crippen LogP contribution in [0.25, 0.3) is 0 Å². The Bertz CT molecular complexity index is 884. The number of rotatable bonds is 11. The van der Waals surface area contributed by atoms with Gasteiger partial charge in [0.05, 0.1) is 7.11 Å². The van der Waals surface area contributed by atoms with Crippen molar-refractivity contribution in [2.75, 3.05) is 12.9 Å². The average molecular weight is 469 g/mol. The van der Waals surface area contributed by atoms with Gasteiger partial charge in [0.25, 0.3) is 0 Å². The summed E-state index contributed by atoms with van der Waals surface area (Å²) >= 11 is 1.67. The third-order valence-electron chi connectivity index (χ3n) is 6.15. The molecule has 5 nitrogen and oxygen atoms in total. The summed E-state index contributed by atoms with van der Waals surface area (Å²) in [6.45, 7) is 2.37. The number of carbonyl (C=O) groups is 2. The topological polar surface area (TPSA) is 58.6 Å². The van der Waals surface area contributed by atoms with Crippen molar-refractivity contribution in [1.29, 1.82) is 0 Å². The molecule has 6 heteroatoms. The summed E-state index contributed by atoms with van der Waals surface area (Å²) in [6.07, 6.45) is 6.58. The van der Waals surface area contributed by atoms with Crippen LogP contribution in [-0.2, 0) is 16.1 Å². The summed E-state index contributed by atoms with van der Waals surface area (Å²) in [7, 11) is 1.63. The van der Waals surface area contributed by atoms with Crippen LogP contribution >= 0.6 is 11.8 Å². The van der Waals surface area contributed by atoms with Crippen LogP contribution in [0, 0.1) is 0 Å². The summed E-state index contributed by atoms with van der Waals surface area (Å²) in [4.78, 5) is 29.6. The minimum atomic E-state index is -0.479. The maximum Gasteiger partial charge on any atom is 0.243 e. The molecule has 2 amide bonds. The van der Waals surface area contributed by atoms with E-state index in [1.54, 1.807) is 23.8 Å². The first-order chi connectivity index (χ1) is 16.1. The second-order valence-electron chi connectivity index (χ2n) is 8.55. The second-order valence-corrected chi connectivity index (χ2v) is 9.72. The molecule has 0 bridgehead atoms. The van der Waals surface area contributed by atoms with E-state index in [1.807, 2.05) is 49.4 Å². The van der Waals surface area contributed by atoms with Gasteiger partial charge in [-0.05, 0) is 49.1 Å². The number of hydrogen-bond donors (Lipinski definition) is 1. The third kappa shape index (κ3) is 7.81. The van der Waals surface area contributed by atoms with Gasteiger partial charge in [0, 0.05) is 29.7 Å². The lowest BCUT2D eigenvalue weighted by Crippen LogP contribution is -2.51. The minimum absolute atomic E-state index is 0.00638. The Kier molecular flexibility index (Phi) is 10.1. The van der Waals surface area contributed by atoms with E-state index in [2.05, 4.69) is 17.4 Å². The first-order valence-electron chi connectivity index (χ1n) is 12.0. The molecule has 178 valence electrons. The standard InChI is InChI=1S/C27H36N2O3S/c1-3-25(27(31)28-22-12-6-4-7-13-22)29(20-21-11-10-14-23(19-21)32-2)26(30)17-18-33-24-15-8-5-9-16-24/h5,8-11,14-16,19,22,25H,3-4,6-7,12-13,17-18,20H2,1-2H3,(H,28,31)/t25-/m1/s1. The molecule has 0 radical (unpaired) electrons. The minimum Gasteiger partial charge on any atom is -0.497 e. The van der Waals surface area contributed by atoms with Gasteiger partial charge in [-0.1, -0.05) is 56.5 Å². The monoisotopic (exact) mass is 468 g/mol. The van der Waals surface area contributed by atoms with Crippen molar-refractivity contribution in [3.8, 4) is 5.75 Å². The van der Waals surface area contributed by atoms with Gasteiger partial charge in [0.15, 0.2) is 0 Å². The number of amides is 2. The fraction of sp³-hybridized carbons (Fsp3) is 0.481. The molecule has 1 N–H and O–H groups in total. The first-order valence-corrected chi connectivity index (χ1v) is 13.0. The van der Waals surface area contributed by atoms with Crippen LogP contribution < -0.4 is 10.1 Å². The predicted octanol–water partition coefficient (Wildman–Crippen LogP) is 5.43. The second kappa shape index (κ2) is 13.3. The van der Waals surface area contributed by atoms with Crippen LogP contribution in [0.1, 0.15) is 57.4 Å². The molecule has 2 aromatic rings. The first kappa shape index (κ1) is 25.2. The quantitative estimate of drug-likeness (QED) is 0.447. The summed E-state index contributed by atoms with van der Waals surface area (Å²) in [6, 6.07) is 17.6. The van der Waals surface area contributed by atoms with Gasteiger partial charge in [-0.2, -0.15) is 0 Å². The van der Waals surface area contributed by atoms with Crippen LogP contribution in [0.15, 0.2) is 59.5 Å². The highest BCUT2D eigenvalue weighted by molar-refractivity contribution is 7.99. The smallest absolute Gasteiger partial charge is 0.243 e. The van der Waals surface area contributed by atoms with E-state index in [1.165, 1.54) is 6.42 Å². The van der Waals surface area contributed by atoms with Crippen molar-refractivity contribution in [1.82, 2.24) is 10.2 Å². The lowest BCUT2D eigenvalue weighted by atomic mass is 9.95. The van der Waals surface area contributed by atoms with Crippen LogP contribution in [0.5, 0.6) is 5.75 Å². The van der Waals surface area contributed by atoms with E-state index in [4.69, 9.17) is 4.74 Å². The Morgan fingerprint density at radius 3 is 2.55 bits per heavy atom. The number of benzene rings is 2. The van der Waals surface area contributed by atoms with Crippen molar-refractivity contribution in [2.45, 2.75) is 75.4 Å². The number of nitrogens with one attached hydrogen (secondary N) is 1. The Morgan fingerprint density at radius 2 is 1.85 bits per heavy atom. The Labute approximate surface area is 202 Å². The molecule has 0 aromatic heterocycles. The summed E-state index contributed by atoms with van der Waals surface area (Å²) < 4.78 is 5.36. The van der Waals surface area contributed by atoms with E-state index in [-0.39, 0.29) is 17.9 Å². The molecule has 0 aliphatic heterocycles. The highest BCUT2D eigenvalue weighted by Crippen LogP contribution is 2.22. The van der Waals surface area contributed by atoms with Gasteiger partial charge in [-0.15, -0.1) is 11.8 Å². The number of methoxy groups -OCH3 is 1. The van der Waals surface area contributed by atoms with Crippen molar-refractivity contribution in [3.63, 3.8) is 0 Å². The van der Waals surface area contributed by atoms with Crippen LogP contribution in [0.4, 0.5) is 0 Å². The van der Waals surface area contributed by atoms with Crippen molar-refractivity contribution in [2.24, 2.45) is 0 Å². The molecule has 1 aliphatic carbocycles. The molecule has 33 heavy (non-hydrogen) atoms. The number of hydrogen-bond acceptors (Lipinski definition) is 4. The maximum atomic E-state index is 13.4. The number of carbonyl (C=O) groups excluding carboxylic acids is 2. The van der Waals surface area contributed by atoms with Crippen LogP contribution in [0.2, 0.25) is 0 Å². The van der Waals surface area contributed by atoms with Gasteiger partial charge in [-0.25, -0.2) is 0 Å². The molecule has 2 aromatic carbocycles. The largest absolute Gasteiger partial charge is 0.497 e. The van der Waals surface area contributed by atoms with E-state index in [0.29, 0.717) is 25.1 Å². The lowest BCUT2D eigenvalue weighted by molar-refractivity contribution is -0.141. The number of thioether (sulfide) groups is 1. The summed E-state index contributed by atoms with van der Waals surface area (Å²) in [5.41, 5.74) is 0.960. The average Bonchev–Trinajstić information content (AvgIpc) is 2.85. The molecular weight excluding hydrogens is 432 g/mol. The molecule has 3 rings (SSSR count). The van der Waals surface area contributed by atoms with Crippen LogP contribution in [-0.4, -0.2) is 41.7 Å². The van der Waals surface area contributed by atoms with Gasteiger partial charge >= 0.3 is 0 Å². The molecule has 0 unspecified atom stereocenters. The van der Waals surface area contributed by atoms with E-state index in [9.17, 15) is 9.59 Å². The highest BCUT2D eigenvalue weighted by atomic mass is 32.2. The van der Waals surface area contributed by atoms with Gasteiger partial charge in [0.1, 0.15) is 11.8 Å². The molecule has 1 atom stereocenters. The highest BCUT2D eigenvalue weighted by Gasteiger charge is 2.30. The maximum absolute atomic E-state index is 13.4. The van der Waals surface area contributed by atoms with Gasteiger partial charge in [0.2, 0.25) is 11.8 Å². The van der Waals surface area contributed by atoms with E-state index < -0.39 is 6.04 Å². The summed E-state index contributed by atoms with van der Waals surface area (Å²) in [5, 5.41) is 3.23. The van der Waals surface area contributed by atoms with E-state index >= 15 is 0 Å². The normalized spacial score (nSPS) is 15.0. The van der Waals surface area contributed by atoms with Crippen LogP contribution in [0.3, 0.4) is 0 Å². The molecule has 1 aliphatic rings. The molecule has 0 spiro atoms. The Morgan fingerprint density at radius 1 is 1.09 bits per heavy atom. The molecule has 0 heterocycles. The molecule has 0 saturated heterocycles. The van der Waals surface area contributed by atoms with Crippen molar-refractivity contribution in [3.05, 3.63) is 60.2 Å². The lowest BCUT2D eigenvalue weighted by Gasteiger charge is -2.33. The zero-order chi connectivity index (χ0) is 23.5. The third-order valence-corrected chi connectivity index (χ3v) is 7.17. The fourth-order valence-corrected chi connectivity index (χ4v) is 5.21. The SMILES string of the molecule is CC[C@H](C(=O)NC1CCCCC1)N(Cc1cccc(OC)c1)C(=O)CCSc1ccccc1. The fourth-order valence-electron chi connectivity index (χ4n) is 4.35. The zero-order valence-electron chi connectivity index (χ0n) is 19.8. The van der Waals surface area contributed by atoms with E-state index in [0.717, 1.165) is 41.9 Å². The summed E-state index contributed by atoms with van der Waals surface area (Å²) in [5.74, 6) is 1.40.